The zero-order valence-corrected chi connectivity index (χ0v) is 10.8. The Bertz CT molecular complexity index is 633. The minimum Gasteiger partial charge on any atom is -0.347 e. The standard InChI is InChI=1S/C15H15FN2/c1-10-8-18(12(3)11(10)2)9-14-6-4-5-13(7-17)15(14)16/h4-6,8H,9H2,1-3H3. The van der Waals surface area contributed by atoms with Gasteiger partial charge in [-0.2, -0.15) is 5.26 Å². The molecule has 0 amide bonds. The van der Waals surface area contributed by atoms with Crippen molar-refractivity contribution in [1.82, 2.24) is 4.57 Å². The van der Waals surface area contributed by atoms with Crippen molar-refractivity contribution in [1.29, 1.82) is 5.26 Å². The summed E-state index contributed by atoms with van der Waals surface area (Å²) in [6.07, 6.45) is 2.02. The molecule has 0 radical (unpaired) electrons. The zero-order chi connectivity index (χ0) is 13.3. The molecule has 0 aliphatic heterocycles. The lowest BCUT2D eigenvalue weighted by molar-refractivity contribution is 0.594. The van der Waals surface area contributed by atoms with Crippen LogP contribution < -0.4 is 0 Å². The van der Waals surface area contributed by atoms with Crippen LogP contribution in [0.1, 0.15) is 27.9 Å². The first-order valence-electron chi connectivity index (χ1n) is 5.85. The summed E-state index contributed by atoms with van der Waals surface area (Å²) in [6.45, 7) is 6.58. The molecular weight excluding hydrogens is 227 g/mol. The van der Waals surface area contributed by atoms with Crippen LogP contribution in [0.3, 0.4) is 0 Å². The van der Waals surface area contributed by atoms with E-state index in [0.29, 0.717) is 12.1 Å². The number of nitrogens with zero attached hydrogens (tertiary/aromatic N) is 2. The van der Waals surface area contributed by atoms with Gasteiger partial charge in [0.25, 0.3) is 0 Å². The fraction of sp³-hybridized carbons (Fsp3) is 0.267. The van der Waals surface area contributed by atoms with Crippen molar-refractivity contribution in [2.24, 2.45) is 0 Å². The van der Waals surface area contributed by atoms with Crippen molar-refractivity contribution >= 4 is 0 Å². The molecule has 0 bridgehead atoms. The molecule has 0 saturated carbocycles. The lowest BCUT2D eigenvalue weighted by Gasteiger charge is -2.08. The highest BCUT2D eigenvalue weighted by Gasteiger charge is 2.10. The van der Waals surface area contributed by atoms with E-state index in [4.69, 9.17) is 5.26 Å². The maximum Gasteiger partial charge on any atom is 0.145 e. The highest BCUT2D eigenvalue weighted by molar-refractivity contribution is 5.36. The van der Waals surface area contributed by atoms with Gasteiger partial charge in [0, 0.05) is 17.5 Å². The summed E-state index contributed by atoms with van der Waals surface area (Å²) >= 11 is 0. The molecule has 0 aliphatic rings. The van der Waals surface area contributed by atoms with E-state index in [1.54, 1.807) is 12.1 Å². The molecule has 3 heteroatoms. The Morgan fingerprint density at radius 2 is 2.00 bits per heavy atom. The van der Waals surface area contributed by atoms with E-state index in [0.717, 1.165) is 5.69 Å². The van der Waals surface area contributed by atoms with Gasteiger partial charge in [0.1, 0.15) is 11.9 Å². The second-order valence-electron chi connectivity index (χ2n) is 4.54. The molecule has 0 atom stereocenters. The van der Waals surface area contributed by atoms with Gasteiger partial charge < -0.3 is 4.57 Å². The van der Waals surface area contributed by atoms with E-state index < -0.39 is 5.82 Å². The van der Waals surface area contributed by atoms with Gasteiger partial charge in [0.2, 0.25) is 0 Å². The largest absolute Gasteiger partial charge is 0.347 e. The first-order valence-corrected chi connectivity index (χ1v) is 5.85. The number of aromatic nitrogens is 1. The molecule has 1 aromatic heterocycles. The number of benzene rings is 1. The predicted molar refractivity (Wildman–Crippen MR) is 68.9 cm³/mol. The first kappa shape index (κ1) is 12.4. The van der Waals surface area contributed by atoms with Crippen molar-refractivity contribution in [2.45, 2.75) is 27.3 Å². The Morgan fingerprint density at radius 1 is 1.28 bits per heavy atom. The number of aryl methyl sites for hydroxylation is 1. The Morgan fingerprint density at radius 3 is 2.56 bits per heavy atom. The molecule has 1 heterocycles. The van der Waals surface area contributed by atoms with Gasteiger partial charge in [0.15, 0.2) is 0 Å². The Balaban J connectivity index is 2.41. The van der Waals surface area contributed by atoms with Crippen LogP contribution in [0.2, 0.25) is 0 Å². The summed E-state index contributed by atoms with van der Waals surface area (Å²) in [4.78, 5) is 0. The van der Waals surface area contributed by atoms with E-state index in [1.165, 1.54) is 17.2 Å². The molecule has 0 spiro atoms. The number of halogens is 1. The predicted octanol–water partition coefficient (Wildman–Crippen LogP) is 3.47. The number of hydrogen-bond acceptors (Lipinski definition) is 1. The van der Waals surface area contributed by atoms with Gasteiger partial charge in [-0.25, -0.2) is 4.39 Å². The average molecular weight is 242 g/mol. The summed E-state index contributed by atoms with van der Waals surface area (Å²) in [6, 6.07) is 6.81. The third-order valence-electron chi connectivity index (χ3n) is 3.45. The number of nitriles is 1. The maximum atomic E-state index is 14.0. The van der Waals surface area contributed by atoms with Crippen LogP contribution in [0.4, 0.5) is 4.39 Å². The topological polar surface area (TPSA) is 28.7 Å². The van der Waals surface area contributed by atoms with Crippen LogP contribution in [0.25, 0.3) is 0 Å². The smallest absolute Gasteiger partial charge is 0.145 e. The summed E-state index contributed by atoms with van der Waals surface area (Å²) in [7, 11) is 0. The maximum absolute atomic E-state index is 14.0. The Labute approximate surface area is 106 Å². The van der Waals surface area contributed by atoms with Gasteiger partial charge in [-0.15, -0.1) is 0 Å². The van der Waals surface area contributed by atoms with Crippen molar-refractivity contribution in [3.63, 3.8) is 0 Å². The van der Waals surface area contributed by atoms with Gasteiger partial charge in [-0.05, 0) is 38.0 Å². The molecule has 0 aliphatic carbocycles. The van der Waals surface area contributed by atoms with Crippen LogP contribution in [0.5, 0.6) is 0 Å². The van der Waals surface area contributed by atoms with Crippen molar-refractivity contribution in [3.8, 4) is 6.07 Å². The van der Waals surface area contributed by atoms with Crippen molar-refractivity contribution < 1.29 is 4.39 Å². The van der Waals surface area contributed by atoms with E-state index in [-0.39, 0.29) is 5.56 Å². The Kier molecular flexibility index (Phi) is 3.20. The molecule has 2 rings (SSSR count). The van der Waals surface area contributed by atoms with Crippen LogP contribution in [-0.2, 0) is 6.54 Å². The van der Waals surface area contributed by atoms with Crippen LogP contribution >= 0.6 is 0 Å². The average Bonchev–Trinajstić information content (AvgIpc) is 2.60. The van der Waals surface area contributed by atoms with E-state index in [2.05, 4.69) is 6.92 Å². The van der Waals surface area contributed by atoms with Crippen LogP contribution in [0, 0.1) is 37.9 Å². The quantitative estimate of drug-likeness (QED) is 0.792. The molecular formula is C15H15FN2. The summed E-state index contributed by atoms with van der Waals surface area (Å²) < 4.78 is 16.0. The van der Waals surface area contributed by atoms with Crippen molar-refractivity contribution in [3.05, 3.63) is 58.2 Å². The normalized spacial score (nSPS) is 10.4. The SMILES string of the molecule is Cc1cn(Cc2cccc(C#N)c2F)c(C)c1C. The second-order valence-corrected chi connectivity index (χ2v) is 4.54. The van der Waals surface area contributed by atoms with E-state index >= 15 is 0 Å². The van der Waals surface area contributed by atoms with E-state index in [1.807, 2.05) is 30.7 Å². The molecule has 2 nitrogen and oxygen atoms in total. The molecule has 0 saturated heterocycles. The monoisotopic (exact) mass is 242 g/mol. The molecule has 92 valence electrons. The minimum atomic E-state index is -0.414. The Hall–Kier alpha value is -2.08. The molecule has 0 unspecified atom stereocenters. The fourth-order valence-electron chi connectivity index (χ4n) is 2.06. The van der Waals surface area contributed by atoms with Gasteiger partial charge in [-0.3, -0.25) is 0 Å². The molecule has 0 N–H and O–H groups in total. The minimum absolute atomic E-state index is 0.103. The second kappa shape index (κ2) is 4.66. The zero-order valence-electron chi connectivity index (χ0n) is 10.8. The van der Waals surface area contributed by atoms with Crippen LogP contribution in [-0.4, -0.2) is 4.57 Å². The lowest BCUT2D eigenvalue weighted by Crippen LogP contribution is -2.04. The highest BCUT2D eigenvalue weighted by atomic mass is 19.1. The first-order chi connectivity index (χ1) is 8.54. The van der Waals surface area contributed by atoms with Gasteiger partial charge in [0.05, 0.1) is 12.1 Å². The lowest BCUT2D eigenvalue weighted by atomic mass is 10.1. The third kappa shape index (κ3) is 2.02. The summed E-state index contributed by atoms with van der Waals surface area (Å²) in [5.41, 5.74) is 4.21. The fourth-order valence-corrected chi connectivity index (χ4v) is 2.06. The number of rotatable bonds is 2. The molecule has 2 aromatic rings. The molecule has 18 heavy (non-hydrogen) atoms. The molecule has 1 aromatic carbocycles. The number of hydrogen-bond donors (Lipinski definition) is 0. The highest BCUT2D eigenvalue weighted by Crippen LogP contribution is 2.19. The van der Waals surface area contributed by atoms with Crippen molar-refractivity contribution in [2.75, 3.05) is 0 Å². The van der Waals surface area contributed by atoms with Gasteiger partial charge in [-0.1, -0.05) is 12.1 Å². The summed E-state index contributed by atoms with van der Waals surface area (Å²) in [5, 5.41) is 8.81. The van der Waals surface area contributed by atoms with Crippen LogP contribution in [0.15, 0.2) is 24.4 Å². The van der Waals surface area contributed by atoms with E-state index in [9.17, 15) is 4.39 Å². The van der Waals surface area contributed by atoms with Gasteiger partial charge >= 0.3 is 0 Å². The third-order valence-corrected chi connectivity index (χ3v) is 3.45. The summed E-state index contributed by atoms with van der Waals surface area (Å²) in [5.74, 6) is -0.414. The molecule has 0 fully saturated rings.